The summed E-state index contributed by atoms with van der Waals surface area (Å²) >= 11 is 13.5. The second-order valence-corrected chi connectivity index (χ2v) is 9.09. The van der Waals surface area contributed by atoms with E-state index in [0.717, 1.165) is 28.0 Å². The van der Waals surface area contributed by atoms with Crippen molar-refractivity contribution in [2.75, 3.05) is 5.32 Å². The molecule has 0 unspecified atom stereocenters. The minimum atomic E-state index is -0.268. The van der Waals surface area contributed by atoms with Gasteiger partial charge in [-0.1, -0.05) is 41.4 Å². The van der Waals surface area contributed by atoms with E-state index in [2.05, 4.69) is 21.5 Å². The highest BCUT2D eigenvalue weighted by molar-refractivity contribution is 7.12. The Kier molecular flexibility index (Phi) is 6.79. The van der Waals surface area contributed by atoms with E-state index in [1.54, 1.807) is 23.1 Å². The van der Waals surface area contributed by atoms with Crippen LogP contribution < -0.4 is 10.1 Å². The number of carbonyl (C=O) groups excluding carboxylic acids is 1. The number of nitrogens with one attached hydrogen (secondary N) is 1. The Labute approximate surface area is 199 Å². The van der Waals surface area contributed by atoms with E-state index in [1.807, 2.05) is 43.5 Å². The number of hydrogen-bond donors (Lipinski definition) is 1. The summed E-state index contributed by atoms with van der Waals surface area (Å²) in [4.78, 5) is 17.3. The van der Waals surface area contributed by atoms with Crippen molar-refractivity contribution >= 4 is 46.4 Å². The maximum Gasteiger partial charge on any atom is 0.268 e. The number of nitrogens with zero attached hydrogens (tertiary/aromatic N) is 3. The standard InChI is InChI=1S/C23H20Cl2N4O2S/c1-14-3-4-15(2)20(7-14)31-11-16-8-21(32-12-16)22(30)27-23-26-13-29(28-23)10-17-5-6-18(24)9-19(17)25/h3-9,12-13H,10-11H2,1-2H3,(H,27,28,30). The van der Waals surface area contributed by atoms with Crippen LogP contribution >= 0.6 is 34.5 Å². The van der Waals surface area contributed by atoms with Crippen molar-refractivity contribution < 1.29 is 9.53 Å². The predicted molar refractivity (Wildman–Crippen MR) is 128 cm³/mol. The van der Waals surface area contributed by atoms with Gasteiger partial charge in [-0.3, -0.25) is 10.1 Å². The molecule has 9 heteroatoms. The summed E-state index contributed by atoms with van der Waals surface area (Å²) in [5.74, 6) is 0.801. The Morgan fingerprint density at radius 2 is 2.00 bits per heavy atom. The average Bonchev–Trinajstić information content (AvgIpc) is 3.40. The summed E-state index contributed by atoms with van der Waals surface area (Å²) in [5.41, 5.74) is 3.99. The van der Waals surface area contributed by atoms with E-state index < -0.39 is 0 Å². The van der Waals surface area contributed by atoms with Crippen molar-refractivity contribution in [2.24, 2.45) is 0 Å². The number of carbonyl (C=O) groups is 1. The molecule has 0 radical (unpaired) electrons. The molecule has 164 valence electrons. The summed E-state index contributed by atoms with van der Waals surface area (Å²) in [6, 6.07) is 13.2. The molecule has 4 rings (SSSR count). The molecule has 6 nitrogen and oxygen atoms in total. The summed E-state index contributed by atoms with van der Waals surface area (Å²) in [6.45, 7) is 4.84. The smallest absolute Gasteiger partial charge is 0.268 e. The van der Waals surface area contributed by atoms with Crippen molar-refractivity contribution in [1.82, 2.24) is 14.8 Å². The predicted octanol–water partition coefficient (Wildman–Crippen LogP) is 6.14. The van der Waals surface area contributed by atoms with Gasteiger partial charge in [-0.25, -0.2) is 9.67 Å². The Bertz CT molecular complexity index is 1270. The first-order valence-corrected chi connectivity index (χ1v) is 11.4. The fraction of sp³-hybridized carbons (Fsp3) is 0.174. The number of halogens is 2. The van der Waals surface area contributed by atoms with Crippen molar-refractivity contribution in [3.8, 4) is 5.75 Å². The Hall–Kier alpha value is -2.87. The van der Waals surface area contributed by atoms with Crippen molar-refractivity contribution in [3.05, 3.63) is 91.3 Å². The second kappa shape index (κ2) is 9.73. The van der Waals surface area contributed by atoms with Crippen LogP contribution in [0.15, 0.2) is 54.2 Å². The van der Waals surface area contributed by atoms with Gasteiger partial charge in [0, 0.05) is 15.6 Å². The SMILES string of the molecule is Cc1ccc(C)c(OCc2csc(C(=O)Nc3ncn(Cc4ccc(Cl)cc4Cl)n3)c2)c1. The van der Waals surface area contributed by atoms with E-state index in [-0.39, 0.29) is 11.9 Å². The van der Waals surface area contributed by atoms with E-state index in [9.17, 15) is 4.79 Å². The molecule has 0 saturated heterocycles. The van der Waals surface area contributed by atoms with Crippen LogP contribution in [0.25, 0.3) is 0 Å². The van der Waals surface area contributed by atoms with Crippen LogP contribution in [0.4, 0.5) is 5.95 Å². The third-order valence-corrected chi connectivity index (χ3v) is 6.29. The zero-order chi connectivity index (χ0) is 22.7. The maximum absolute atomic E-state index is 12.6. The molecular formula is C23H20Cl2N4O2S. The average molecular weight is 487 g/mol. The molecule has 1 amide bonds. The number of aryl methyl sites for hydroxylation is 2. The van der Waals surface area contributed by atoms with Crippen LogP contribution in [0.2, 0.25) is 10.0 Å². The normalized spacial score (nSPS) is 10.9. The summed E-state index contributed by atoms with van der Waals surface area (Å²) < 4.78 is 7.52. The number of ether oxygens (including phenoxy) is 1. The van der Waals surface area contributed by atoms with E-state index in [1.165, 1.54) is 11.3 Å². The lowest BCUT2D eigenvalue weighted by atomic mass is 10.1. The molecule has 4 aromatic rings. The number of hydrogen-bond acceptors (Lipinski definition) is 5. The van der Waals surface area contributed by atoms with Crippen LogP contribution in [-0.2, 0) is 13.2 Å². The van der Waals surface area contributed by atoms with Crippen LogP contribution in [0, 0.1) is 13.8 Å². The van der Waals surface area contributed by atoms with Crippen LogP contribution in [-0.4, -0.2) is 20.7 Å². The largest absolute Gasteiger partial charge is 0.489 e. The molecule has 32 heavy (non-hydrogen) atoms. The van der Waals surface area contributed by atoms with Gasteiger partial charge in [0.05, 0.1) is 11.4 Å². The number of benzene rings is 2. The quantitative estimate of drug-likeness (QED) is 0.340. The number of rotatable bonds is 7. The van der Waals surface area contributed by atoms with E-state index in [0.29, 0.717) is 28.1 Å². The van der Waals surface area contributed by atoms with Gasteiger partial charge in [0.25, 0.3) is 5.91 Å². The van der Waals surface area contributed by atoms with Gasteiger partial charge in [0.15, 0.2) is 0 Å². The fourth-order valence-electron chi connectivity index (χ4n) is 3.01. The first kappa shape index (κ1) is 22.3. The molecule has 0 bridgehead atoms. The highest BCUT2D eigenvalue weighted by Crippen LogP contribution is 2.23. The lowest BCUT2D eigenvalue weighted by Gasteiger charge is -2.08. The number of thiophene rings is 1. The van der Waals surface area contributed by atoms with Gasteiger partial charge in [0.1, 0.15) is 18.7 Å². The molecule has 2 aromatic heterocycles. The zero-order valence-electron chi connectivity index (χ0n) is 17.4. The van der Waals surface area contributed by atoms with Gasteiger partial charge in [0.2, 0.25) is 5.95 Å². The molecule has 0 spiro atoms. The van der Waals surface area contributed by atoms with Gasteiger partial charge in [-0.2, -0.15) is 0 Å². The fourth-order valence-corrected chi connectivity index (χ4v) is 4.27. The van der Waals surface area contributed by atoms with Crippen molar-refractivity contribution in [3.63, 3.8) is 0 Å². The van der Waals surface area contributed by atoms with Gasteiger partial charge in [-0.15, -0.1) is 16.4 Å². The molecule has 2 heterocycles. The van der Waals surface area contributed by atoms with Crippen LogP contribution in [0.3, 0.4) is 0 Å². The van der Waals surface area contributed by atoms with Gasteiger partial charge in [-0.05, 0) is 60.2 Å². The van der Waals surface area contributed by atoms with Crippen LogP contribution in [0.5, 0.6) is 5.75 Å². The minimum absolute atomic E-state index is 0.224. The second-order valence-electron chi connectivity index (χ2n) is 7.33. The molecule has 1 N–H and O–H groups in total. The summed E-state index contributed by atoms with van der Waals surface area (Å²) in [6.07, 6.45) is 1.54. The lowest BCUT2D eigenvalue weighted by Crippen LogP contribution is -2.12. The van der Waals surface area contributed by atoms with Crippen molar-refractivity contribution in [2.45, 2.75) is 27.0 Å². The van der Waals surface area contributed by atoms with E-state index >= 15 is 0 Å². The Morgan fingerprint density at radius 3 is 2.81 bits per heavy atom. The molecule has 0 fully saturated rings. The number of aromatic nitrogens is 3. The van der Waals surface area contributed by atoms with Gasteiger partial charge < -0.3 is 4.74 Å². The third kappa shape index (κ3) is 5.48. The summed E-state index contributed by atoms with van der Waals surface area (Å²) in [5, 5.41) is 10.1. The first-order valence-electron chi connectivity index (χ1n) is 9.79. The number of amides is 1. The molecular weight excluding hydrogens is 467 g/mol. The minimum Gasteiger partial charge on any atom is -0.489 e. The lowest BCUT2D eigenvalue weighted by molar-refractivity contribution is 0.102. The van der Waals surface area contributed by atoms with Gasteiger partial charge >= 0.3 is 0 Å². The first-order chi connectivity index (χ1) is 15.4. The monoisotopic (exact) mass is 486 g/mol. The van der Waals surface area contributed by atoms with Crippen molar-refractivity contribution in [1.29, 1.82) is 0 Å². The summed E-state index contributed by atoms with van der Waals surface area (Å²) in [7, 11) is 0. The molecule has 0 saturated carbocycles. The molecule has 0 aliphatic carbocycles. The topological polar surface area (TPSA) is 69.0 Å². The molecule has 0 aliphatic heterocycles. The maximum atomic E-state index is 12.6. The molecule has 2 aromatic carbocycles. The number of anilines is 1. The molecule has 0 aliphatic rings. The zero-order valence-corrected chi connectivity index (χ0v) is 19.8. The Morgan fingerprint density at radius 1 is 1.16 bits per heavy atom. The highest BCUT2D eigenvalue weighted by atomic mass is 35.5. The molecule has 0 atom stereocenters. The Balaban J connectivity index is 1.35. The van der Waals surface area contributed by atoms with E-state index in [4.69, 9.17) is 27.9 Å². The third-order valence-electron chi connectivity index (χ3n) is 4.72. The van der Waals surface area contributed by atoms with Crippen LogP contribution in [0.1, 0.15) is 31.9 Å². The highest BCUT2D eigenvalue weighted by Gasteiger charge is 2.13.